The molecule has 1 saturated heterocycles. The van der Waals surface area contributed by atoms with Crippen LogP contribution < -0.4 is 5.32 Å². The second kappa shape index (κ2) is 7.55. The highest BCUT2D eigenvalue weighted by molar-refractivity contribution is 7.88. The minimum atomic E-state index is -3.61. The molecular formula is C15H20N4O3S. The molecule has 0 atom stereocenters. The van der Waals surface area contributed by atoms with Gasteiger partial charge in [-0.2, -0.15) is 9.57 Å². The molecule has 1 amide bonds. The molecule has 0 saturated carbocycles. The lowest BCUT2D eigenvalue weighted by Gasteiger charge is -2.29. The van der Waals surface area contributed by atoms with E-state index in [2.05, 4.69) is 5.32 Å². The van der Waals surface area contributed by atoms with Crippen LogP contribution in [0, 0.1) is 11.3 Å². The van der Waals surface area contributed by atoms with E-state index in [9.17, 15) is 13.2 Å². The summed E-state index contributed by atoms with van der Waals surface area (Å²) >= 11 is 0. The number of carbonyl (C=O) groups is 1. The molecule has 0 radical (unpaired) electrons. The average molecular weight is 336 g/mol. The Hall–Kier alpha value is -1.95. The molecule has 1 aliphatic heterocycles. The molecule has 1 N–H and O–H groups in total. The number of piperazine rings is 1. The van der Waals surface area contributed by atoms with Crippen LogP contribution in [0.4, 0.5) is 0 Å². The molecule has 23 heavy (non-hydrogen) atoms. The van der Waals surface area contributed by atoms with E-state index in [-0.39, 0.29) is 18.2 Å². The van der Waals surface area contributed by atoms with Crippen molar-refractivity contribution in [1.29, 1.82) is 5.26 Å². The minimum absolute atomic E-state index is 0.166. The molecular weight excluding hydrogens is 316 g/mol. The summed E-state index contributed by atoms with van der Waals surface area (Å²) in [6.45, 7) is 2.47. The predicted octanol–water partition coefficient (Wildman–Crippen LogP) is -0.248. The van der Waals surface area contributed by atoms with Gasteiger partial charge in [0.2, 0.25) is 15.9 Å². The highest BCUT2D eigenvalue weighted by Gasteiger charge is 2.24. The zero-order valence-electron chi connectivity index (χ0n) is 13.0. The Bertz CT molecular complexity index is 706. The van der Waals surface area contributed by atoms with Crippen LogP contribution in [-0.2, 0) is 20.6 Å². The van der Waals surface area contributed by atoms with Crippen LogP contribution in [0.2, 0.25) is 0 Å². The van der Waals surface area contributed by atoms with Crippen molar-refractivity contribution in [2.24, 2.45) is 0 Å². The van der Waals surface area contributed by atoms with E-state index in [4.69, 9.17) is 5.26 Å². The third-order valence-electron chi connectivity index (χ3n) is 3.71. The molecule has 1 fully saturated rings. The van der Waals surface area contributed by atoms with Crippen LogP contribution in [0.25, 0.3) is 0 Å². The zero-order chi connectivity index (χ0) is 16.9. The summed E-state index contributed by atoms with van der Waals surface area (Å²) < 4.78 is 25.8. The Morgan fingerprint density at radius 3 is 2.74 bits per heavy atom. The fourth-order valence-electron chi connectivity index (χ4n) is 2.35. The number of sulfonamides is 1. The smallest absolute Gasteiger partial charge is 0.237 e. The molecule has 0 bridgehead atoms. The highest BCUT2D eigenvalue weighted by Crippen LogP contribution is 2.12. The van der Waals surface area contributed by atoms with Gasteiger partial charge in [0.25, 0.3) is 0 Å². The first-order chi connectivity index (χ1) is 10.9. The normalized spacial score (nSPS) is 15.4. The van der Waals surface area contributed by atoms with Crippen molar-refractivity contribution in [2.45, 2.75) is 5.75 Å². The van der Waals surface area contributed by atoms with Gasteiger partial charge in [-0.15, -0.1) is 0 Å². The number of benzene rings is 1. The zero-order valence-corrected chi connectivity index (χ0v) is 13.8. The molecule has 2 rings (SSSR count). The van der Waals surface area contributed by atoms with Gasteiger partial charge in [-0.25, -0.2) is 8.42 Å². The molecule has 1 aromatic carbocycles. The van der Waals surface area contributed by atoms with Crippen molar-refractivity contribution >= 4 is 15.9 Å². The van der Waals surface area contributed by atoms with E-state index in [0.29, 0.717) is 24.2 Å². The number of carbonyl (C=O) groups excluding carboxylic acids is 1. The third kappa shape index (κ3) is 4.76. The Labute approximate surface area is 136 Å². The minimum Gasteiger partial charge on any atom is -0.339 e. The summed E-state index contributed by atoms with van der Waals surface area (Å²) in [6, 6.07) is 8.45. The summed E-state index contributed by atoms with van der Waals surface area (Å²) in [4.78, 5) is 13.8. The van der Waals surface area contributed by atoms with Crippen molar-refractivity contribution in [2.75, 3.05) is 39.8 Å². The Morgan fingerprint density at radius 1 is 1.39 bits per heavy atom. The molecule has 8 heteroatoms. The number of amides is 1. The van der Waals surface area contributed by atoms with Crippen molar-refractivity contribution in [3.63, 3.8) is 0 Å². The summed E-state index contributed by atoms with van der Waals surface area (Å²) in [5, 5.41) is 12.0. The lowest BCUT2D eigenvalue weighted by atomic mass is 10.2. The first kappa shape index (κ1) is 17.4. The first-order valence-corrected chi connectivity index (χ1v) is 8.95. The van der Waals surface area contributed by atoms with Crippen LogP contribution in [0.3, 0.4) is 0 Å². The van der Waals surface area contributed by atoms with Gasteiger partial charge in [0.05, 0.1) is 23.9 Å². The van der Waals surface area contributed by atoms with E-state index in [1.165, 1.54) is 7.05 Å². The van der Waals surface area contributed by atoms with Gasteiger partial charge in [0.15, 0.2) is 0 Å². The summed E-state index contributed by atoms with van der Waals surface area (Å²) in [5.41, 5.74) is 0.947. The maximum Gasteiger partial charge on any atom is 0.237 e. The molecule has 124 valence electrons. The number of nitrogens with one attached hydrogen (secondary N) is 1. The maximum atomic E-state index is 12.4. The van der Waals surface area contributed by atoms with Gasteiger partial charge in [-0.05, 0) is 17.7 Å². The van der Waals surface area contributed by atoms with E-state index in [0.717, 1.165) is 17.4 Å². The van der Waals surface area contributed by atoms with E-state index in [1.807, 2.05) is 6.07 Å². The van der Waals surface area contributed by atoms with Crippen LogP contribution >= 0.6 is 0 Å². The Kier molecular flexibility index (Phi) is 5.71. The largest absolute Gasteiger partial charge is 0.339 e. The number of nitriles is 1. The van der Waals surface area contributed by atoms with Crippen LogP contribution in [0.5, 0.6) is 0 Å². The molecule has 1 aromatic rings. The van der Waals surface area contributed by atoms with Crippen molar-refractivity contribution in [3.8, 4) is 6.07 Å². The average Bonchev–Trinajstić information content (AvgIpc) is 2.55. The summed E-state index contributed by atoms with van der Waals surface area (Å²) in [5.74, 6) is -0.420. The monoisotopic (exact) mass is 336 g/mol. The van der Waals surface area contributed by atoms with Crippen LogP contribution in [-0.4, -0.2) is 63.3 Å². The molecule has 0 unspecified atom stereocenters. The molecule has 1 aliphatic rings. The van der Waals surface area contributed by atoms with Crippen molar-refractivity contribution in [3.05, 3.63) is 35.4 Å². The fourth-order valence-corrected chi connectivity index (χ4v) is 3.48. The van der Waals surface area contributed by atoms with E-state index in [1.54, 1.807) is 29.2 Å². The molecule has 1 heterocycles. The molecule has 0 aromatic heterocycles. The second-order valence-corrected chi connectivity index (χ2v) is 7.53. The third-order valence-corrected chi connectivity index (χ3v) is 5.48. The Balaban J connectivity index is 2.00. The van der Waals surface area contributed by atoms with Gasteiger partial charge in [0.1, 0.15) is 0 Å². The molecule has 0 spiro atoms. The lowest BCUT2D eigenvalue weighted by Crippen LogP contribution is -2.49. The molecule has 0 aliphatic carbocycles. The number of nitrogens with zero attached hydrogens (tertiary/aromatic N) is 3. The van der Waals surface area contributed by atoms with E-state index < -0.39 is 10.0 Å². The topological polar surface area (TPSA) is 93.5 Å². The number of likely N-dealkylation sites (N-methyl/N-ethyl adjacent to an activating group) is 1. The lowest BCUT2D eigenvalue weighted by molar-refractivity contribution is -0.131. The fraction of sp³-hybridized carbons (Fsp3) is 0.467. The number of hydrogen-bond acceptors (Lipinski definition) is 5. The number of hydrogen-bond donors (Lipinski definition) is 1. The quantitative estimate of drug-likeness (QED) is 0.800. The van der Waals surface area contributed by atoms with Crippen LogP contribution in [0.1, 0.15) is 11.1 Å². The SMILES string of the molecule is CN(CC(=O)N1CCNCC1)S(=O)(=O)Cc1cccc(C#N)c1. The van der Waals surface area contributed by atoms with Gasteiger partial charge in [-0.1, -0.05) is 12.1 Å². The standard InChI is InChI=1S/C15H20N4O3S/c1-18(11-15(20)19-7-5-17-6-8-19)23(21,22)12-14-4-2-3-13(9-14)10-16/h2-4,9,17H,5-8,11-12H2,1H3. The van der Waals surface area contributed by atoms with Crippen molar-refractivity contribution < 1.29 is 13.2 Å². The summed E-state index contributed by atoms with van der Waals surface area (Å²) in [6.07, 6.45) is 0. The van der Waals surface area contributed by atoms with Gasteiger partial charge < -0.3 is 10.2 Å². The first-order valence-electron chi connectivity index (χ1n) is 7.34. The van der Waals surface area contributed by atoms with Gasteiger partial charge in [0, 0.05) is 33.2 Å². The Morgan fingerprint density at radius 2 is 2.09 bits per heavy atom. The van der Waals surface area contributed by atoms with Gasteiger partial charge >= 0.3 is 0 Å². The highest BCUT2D eigenvalue weighted by atomic mass is 32.2. The maximum absolute atomic E-state index is 12.4. The molecule has 7 nitrogen and oxygen atoms in total. The van der Waals surface area contributed by atoms with Gasteiger partial charge in [-0.3, -0.25) is 4.79 Å². The van der Waals surface area contributed by atoms with Crippen LogP contribution in [0.15, 0.2) is 24.3 Å². The van der Waals surface area contributed by atoms with E-state index >= 15 is 0 Å². The van der Waals surface area contributed by atoms with Crippen molar-refractivity contribution in [1.82, 2.24) is 14.5 Å². The second-order valence-electron chi connectivity index (χ2n) is 5.46. The summed E-state index contributed by atoms with van der Waals surface area (Å²) in [7, 11) is -2.20. The predicted molar refractivity (Wildman–Crippen MR) is 85.9 cm³/mol. The number of rotatable bonds is 5.